The van der Waals surface area contributed by atoms with E-state index in [4.69, 9.17) is 0 Å². The van der Waals surface area contributed by atoms with E-state index < -0.39 is 11.9 Å². The van der Waals surface area contributed by atoms with Crippen molar-refractivity contribution < 1.29 is 13.2 Å². The van der Waals surface area contributed by atoms with Gasteiger partial charge in [0.25, 0.3) is 0 Å². The normalized spacial score (nSPS) is 15.9. The average molecular weight is 452 g/mol. The number of nitrogens with zero attached hydrogens (tertiary/aromatic N) is 5. The second-order valence-corrected chi connectivity index (χ2v) is 8.75. The Morgan fingerprint density at radius 2 is 1.94 bits per heavy atom. The molecule has 4 aromatic rings. The van der Waals surface area contributed by atoms with Gasteiger partial charge in [0.05, 0.1) is 12.0 Å². The Morgan fingerprint density at radius 1 is 1.09 bits per heavy atom. The largest absolute Gasteiger partial charge is 0.437 e. The molecule has 0 unspecified atom stereocenters. The van der Waals surface area contributed by atoms with Crippen LogP contribution in [-0.4, -0.2) is 29.9 Å². The van der Waals surface area contributed by atoms with Gasteiger partial charge in [0.1, 0.15) is 11.4 Å². The van der Waals surface area contributed by atoms with Crippen LogP contribution in [0, 0.1) is 0 Å². The summed E-state index contributed by atoms with van der Waals surface area (Å²) >= 11 is 0. The van der Waals surface area contributed by atoms with Crippen molar-refractivity contribution >= 4 is 0 Å². The van der Waals surface area contributed by atoms with Crippen molar-refractivity contribution in [1.82, 2.24) is 29.9 Å². The number of fused-ring (bicyclic) bond motifs is 1. The SMILES string of the molecule is CC(C)c1ccc2c(c1)[C@@H](Cn1cnc(-c3cc(-c4n[nH]nc4C(F)(F)F)ccn3)c1)CC2. The van der Waals surface area contributed by atoms with Crippen LogP contribution in [0.15, 0.2) is 49.1 Å². The van der Waals surface area contributed by atoms with Crippen LogP contribution in [0.4, 0.5) is 13.2 Å². The van der Waals surface area contributed by atoms with Gasteiger partial charge in [-0.25, -0.2) is 4.98 Å². The van der Waals surface area contributed by atoms with Crippen molar-refractivity contribution in [1.29, 1.82) is 0 Å². The molecule has 33 heavy (non-hydrogen) atoms. The van der Waals surface area contributed by atoms with Crippen molar-refractivity contribution in [2.24, 2.45) is 0 Å². The van der Waals surface area contributed by atoms with Crippen LogP contribution >= 0.6 is 0 Å². The molecule has 1 aliphatic carbocycles. The topological polar surface area (TPSA) is 72.3 Å². The van der Waals surface area contributed by atoms with E-state index in [0.29, 0.717) is 23.2 Å². The van der Waals surface area contributed by atoms with Gasteiger partial charge in [-0.2, -0.15) is 28.6 Å². The summed E-state index contributed by atoms with van der Waals surface area (Å²) in [6.07, 6.45) is 2.67. The zero-order valence-electron chi connectivity index (χ0n) is 18.3. The highest BCUT2D eigenvalue weighted by atomic mass is 19.4. The average Bonchev–Trinajstić information content (AvgIpc) is 3.53. The number of nitrogens with one attached hydrogen (secondary N) is 1. The molecule has 0 bridgehead atoms. The van der Waals surface area contributed by atoms with Crippen molar-refractivity contribution in [3.63, 3.8) is 0 Å². The number of aryl methyl sites for hydroxylation is 1. The summed E-state index contributed by atoms with van der Waals surface area (Å²) in [6, 6.07) is 9.84. The Kier molecular flexibility index (Phi) is 5.26. The molecule has 1 atom stereocenters. The van der Waals surface area contributed by atoms with E-state index in [9.17, 15) is 13.2 Å². The molecule has 0 fully saturated rings. The molecule has 5 rings (SSSR count). The lowest BCUT2D eigenvalue weighted by Gasteiger charge is -2.14. The third-order valence-corrected chi connectivity index (χ3v) is 6.22. The maximum Gasteiger partial charge on any atom is 0.437 e. The number of rotatable bonds is 5. The monoisotopic (exact) mass is 452 g/mol. The molecule has 6 nitrogen and oxygen atoms in total. The molecule has 0 amide bonds. The van der Waals surface area contributed by atoms with E-state index in [0.717, 1.165) is 19.4 Å². The Labute approximate surface area is 188 Å². The quantitative estimate of drug-likeness (QED) is 0.428. The molecule has 1 aliphatic rings. The molecule has 170 valence electrons. The summed E-state index contributed by atoms with van der Waals surface area (Å²) in [5.41, 5.74) is 4.22. The molecular formula is C24H23F3N6. The van der Waals surface area contributed by atoms with Crippen LogP contribution in [0.3, 0.4) is 0 Å². The first-order valence-corrected chi connectivity index (χ1v) is 10.9. The fraction of sp³-hybridized carbons (Fsp3) is 0.333. The van der Waals surface area contributed by atoms with Crippen LogP contribution < -0.4 is 0 Å². The van der Waals surface area contributed by atoms with E-state index in [-0.39, 0.29) is 11.3 Å². The fourth-order valence-electron chi connectivity index (χ4n) is 4.45. The second kappa shape index (κ2) is 8.13. The van der Waals surface area contributed by atoms with Crippen LogP contribution in [0.25, 0.3) is 22.6 Å². The van der Waals surface area contributed by atoms with E-state index in [1.807, 2.05) is 10.8 Å². The highest BCUT2D eigenvalue weighted by Gasteiger charge is 2.38. The first-order chi connectivity index (χ1) is 15.8. The summed E-state index contributed by atoms with van der Waals surface area (Å²) in [5.74, 6) is 0.891. The van der Waals surface area contributed by atoms with Crippen molar-refractivity contribution in [2.75, 3.05) is 0 Å². The Bertz CT molecular complexity index is 1290. The summed E-state index contributed by atoms with van der Waals surface area (Å²) < 4.78 is 41.7. The molecule has 3 aromatic heterocycles. The predicted octanol–water partition coefficient (Wildman–Crippen LogP) is 5.60. The Morgan fingerprint density at radius 3 is 2.73 bits per heavy atom. The lowest BCUT2D eigenvalue weighted by molar-refractivity contribution is -0.140. The summed E-state index contributed by atoms with van der Waals surface area (Å²) in [4.78, 5) is 8.77. The Hall–Kier alpha value is -3.49. The minimum Gasteiger partial charge on any atom is -0.336 e. The number of alkyl halides is 3. The molecule has 0 saturated carbocycles. The molecule has 0 spiro atoms. The summed E-state index contributed by atoms with van der Waals surface area (Å²) in [6.45, 7) is 5.19. The third-order valence-electron chi connectivity index (χ3n) is 6.22. The van der Waals surface area contributed by atoms with Gasteiger partial charge in [-0.1, -0.05) is 32.0 Å². The van der Waals surface area contributed by atoms with Crippen LogP contribution in [0.2, 0.25) is 0 Å². The van der Waals surface area contributed by atoms with E-state index in [1.165, 1.54) is 29.0 Å². The number of halogens is 3. The van der Waals surface area contributed by atoms with E-state index in [2.05, 4.69) is 57.4 Å². The minimum atomic E-state index is -4.60. The van der Waals surface area contributed by atoms with Gasteiger partial charge in [-0.05, 0) is 47.6 Å². The van der Waals surface area contributed by atoms with Gasteiger partial charge in [0.15, 0.2) is 5.69 Å². The number of pyridine rings is 1. The van der Waals surface area contributed by atoms with E-state index >= 15 is 0 Å². The van der Waals surface area contributed by atoms with Crippen LogP contribution in [0.1, 0.15) is 54.5 Å². The minimum absolute atomic E-state index is 0.255. The third kappa shape index (κ3) is 4.15. The maximum absolute atomic E-state index is 13.2. The number of hydrogen-bond acceptors (Lipinski definition) is 4. The lowest BCUT2D eigenvalue weighted by Crippen LogP contribution is -2.07. The number of aromatic nitrogens is 6. The standard InChI is InChI=1S/C24H23F3N6/c1-14(2)16-5-3-15-4-6-18(19(15)9-16)11-33-12-21(29-13-33)20-10-17(7-8-28-20)22-23(24(25,26)27)31-32-30-22/h3,5,7-10,12-14,18H,4,6,11H2,1-2H3,(H,30,31,32)/t18-/m1/s1. The number of hydrogen-bond donors (Lipinski definition) is 1. The number of imidazole rings is 1. The van der Waals surface area contributed by atoms with Gasteiger partial charge in [0.2, 0.25) is 0 Å². The van der Waals surface area contributed by atoms with Gasteiger partial charge < -0.3 is 4.57 Å². The zero-order chi connectivity index (χ0) is 23.2. The molecule has 3 heterocycles. The van der Waals surface area contributed by atoms with Gasteiger partial charge in [-0.3, -0.25) is 4.98 Å². The molecule has 1 aromatic carbocycles. The molecular weight excluding hydrogens is 429 g/mol. The van der Waals surface area contributed by atoms with Gasteiger partial charge in [-0.15, -0.1) is 0 Å². The van der Waals surface area contributed by atoms with Crippen molar-refractivity contribution in [2.45, 2.75) is 51.2 Å². The predicted molar refractivity (Wildman–Crippen MR) is 117 cm³/mol. The molecule has 0 radical (unpaired) electrons. The van der Waals surface area contributed by atoms with Crippen LogP contribution in [0.5, 0.6) is 0 Å². The van der Waals surface area contributed by atoms with Crippen molar-refractivity contribution in [3.8, 4) is 22.6 Å². The highest BCUT2D eigenvalue weighted by molar-refractivity contribution is 5.67. The maximum atomic E-state index is 13.2. The highest BCUT2D eigenvalue weighted by Crippen LogP contribution is 2.37. The summed E-state index contributed by atoms with van der Waals surface area (Å²) in [7, 11) is 0. The first-order valence-electron chi connectivity index (χ1n) is 10.9. The van der Waals surface area contributed by atoms with Gasteiger partial charge >= 0.3 is 6.18 Å². The number of H-pyrrole nitrogens is 1. The lowest BCUT2D eigenvalue weighted by atomic mass is 9.94. The van der Waals surface area contributed by atoms with Gasteiger partial charge in [0, 0.05) is 30.4 Å². The first kappa shape index (κ1) is 21.4. The molecule has 0 saturated heterocycles. The Balaban J connectivity index is 1.39. The smallest absolute Gasteiger partial charge is 0.336 e. The summed E-state index contributed by atoms with van der Waals surface area (Å²) in [5, 5.41) is 9.02. The molecule has 9 heteroatoms. The van der Waals surface area contributed by atoms with Crippen molar-refractivity contribution in [3.05, 3.63) is 71.4 Å². The molecule has 0 aliphatic heterocycles. The van der Waals surface area contributed by atoms with E-state index in [1.54, 1.807) is 12.4 Å². The molecule has 1 N–H and O–H groups in total. The number of aromatic amines is 1. The zero-order valence-corrected chi connectivity index (χ0v) is 18.3. The fourth-order valence-corrected chi connectivity index (χ4v) is 4.45. The second-order valence-electron chi connectivity index (χ2n) is 8.75. The van der Waals surface area contributed by atoms with Crippen LogP contribution in [-0.2, 0) is 19.1 Å². The number of benzene rings is 1.